The van der Waals surface area contributed by atoms with Crippen LogP contribution in [0, 0.1) is 0 Å². The van der Waals surface area contributed by atoms with E-state index in [2.05, 4.69) is 26.6 Å². The molecule has 0 fully saturated rings. The van der Waals surface area contributed by atoms with E-state index in [1.807, 2.05) is 0 Å². The van der Waals surface area contributed by atoms with Gasteiger partial charge in [-0.1, -0.05) is 27.5 Å². The largest absolute Gasteiger partial charge is 0.495 e. The Balaban J connectivity index is 1.91. The Hall–Kier alpha value is -2.25. The highest BCUT2D eigenvalue weighted by Crippen LogP contribution is 2.35. The van der Waals surface area contributed by atoms with Crippen LogP contribution in [0.3, 0.4) is 0 Å². The van der Waals surface area contributed by atoms with Crippen molar-refractivity contribution in [2.75, 3.05) is 26.1 Å². The highest BCUT2D eigenvalue weighted by Gasteiger charge is 2.13. The van der Waals surface area contributed by atoms with E-state index >= 15 is 0 Å². The normalized spacial score (nSPS) is 10.2. The molecular weight excluding hydrogens is 424 g/mol. The Kier molecular flexibility index (Phi) is 7.29. The molecule has 26 heavy (non-hydrogen) atoms. The van der Waals surface area contributed by atoms with Crippen molar-refractivity contribution in [1.82, 2.24) is 5.32 Å². The van der Waals surface area contributed by atoms with Crippen LogP contribution in [0.1, 0.15) is 16.8 Å². The number of anilines is 1. The Morgan fingerprint density at radius 1 is 1.08 bits per heavy atom. The molecule has 138 valence electrons. The van der Waals surface area contributed by atoms with Crippen molar-refractivity contribution >= 4 is 45.0 Å². The van der Waals surface area contributed by atoms with Gasteiger partial charge in [-0.05, 0) is 24.3 Å². The molecule has 0 saturated carbocycles. The summed E-state index contributed by atoms with van der Waals surface area (Å²) in [6.07, 6.45) is 0.108. The van der Waals surface area contributed by atoms with Gasteiger partial charge >= 0.3 is 0 Å². The van der Waals surface area contributed by atoms with Gasteiger partial charge in [-0.25, -0.2) is 0 Å². The van der Waals surface area contributed by atoms with Crippen molar-refractivity contribution < 1.29 is 19.1 Å². The molecule has 2 rings (SSSR count). The minimum Gasteiger partial charge on any atom is -0.495 e. The summed E-state index contributed by atoms with van der Waals surface area (Å²) in [7, 11) is 2.96. The molecule has 0 aromatic heterocycles. The zero-order valence-electron chi connectivity index (χ0n) is 14.3. The van der Waals surface area contributed by atoms with Gasteiger partial charge in [0.2, 0.25) is 5.91 Å². The van der Waals surface area contributed by atoms with Gasteiger partial charge < -0.3 is 20.1 Å². The first-order valence-electron chi connectivity index (χ1n) is 7.69. The summed E-state index contributed by atoms with van der Waals surface area (Å²) in [6, 6.07) is 10.1. The summed E-state index contributed by atoms with van der Waals surface area (Å²) in [5.41, 5.74) is 0.968. The van der Waals surface area contributed by atoms with E-state index in [1.54, 1.807) is 36.4 Å². The molecule has 0 aliphatic heterocycles. The number of carbonyl (C=O) groups is 2. The van der Waals surface area contributed by atoms with Crippen LogP contribution in [0.15, 0.2) is 40.9 Å². The summed E-state index contributed by atoms with van der Waals surface area (Å²) < 4.78 is 11.2. The second-order valence-electron chi connectivity index (χ2n) is 5.25. The number of carbonyl (C=O) groups excluding carboxylic acids is 2. The summed E-state index contributed by atoms with van der Waals surface area (Å²) in [5, 5.41) is 5.81. The number of ether oxygens (including phenoxy) is 2. The molecule has 2 aromatic rings. The third-order valence-corrected chi connectivity index (χ3v) is 4.32. The fourth-order valence-corrected chi connectivity index (χ4v) is 2.66. The number of amides is 2. The van der Waals surface area contributed by atoms with Gasteiger partial charge in [-0.3, -0.25) is 9.59 Å². The Labute approximate surface area is 164 Å². The van der Waals surface area contributed by atoms with E-state index in [9.17, 15) is 9.59 Å². The minimum absolute atomic E-state index is 0.108. The second-order valence-corrected chi connectivity index (χ2v) is 6.57. The molecule has 0 aliphatic carbocycles. The standard InChI is InChI=1S/C18H18BrClN2O4/c1-25-15-10-14(16(26-2)9-13(15)20)22-17(23)7-8-21-18(24)11-3-5-12(19)6-4-11/h3-6,9-10H,7-8H2,1-2H3,(H,21,24)(H,22,23). The average Bonchev–Trinajstić information content (AvgIpc) is 2.63. The molecule has 0 spiro atoms. The highest BCUT2D eigenvalue weighted by molar-refractivity contribution is 9.10. The van der Waals surface area contributed by atoms with E-state index < -0.39 is 0 Å². The maximum atomic E-state index is 12.1. The average molecular weight is 442 g/mol. The molecule has 0 unspecified atom stereocenters. The molecule has 0 atom stereocenters. The van der Waals surface area contributed by atoms with Gasteiger partial charge in [0.25, 0.3) is 5.91 Å². The van der Waals surface area contributed by atoms with Crippen molar-refractivity contribution in [3.05, 3.63) is 51.5 Å². The molecule has 8 heteroatoms. The molecule has 0 aliphatic rings. The van der Waals surface area contributed by atoms with E-state index in [-0.39, 0.29) is 24.8 Å². The lowest BCUT2D eigenvalue weighted by atomic mass is 10.2. The van der Waals surface area contributed by atoms with Crippen LogP contribution in [-0.2, 0) is 4.79 Å². The lowest BCUT2D eigenvalue weighted by molar-refractivity contribution is -0.116. The van der Waals surface area contributed by atoms with Gasteiger partial charge in [0.15, 0.2) is 0 Å². The van der Waals surface area contributed by atoms with Crippen LogP contribution in [-0.4, -0.2) is 32.6 Å². The molecule has 2 N–H and O–H groups in total. The molecular formula is C18H18BrClN2O4. The fraction of sp³-hybridized carbons (Fsp3) is 0.222. The number of methoxy groups -OCH3 is 2. The lowest BCUT2D eigenvalue weighted by Gasteiger charge is -2.13. The van der Waals surface area contributed by atoms with E-state index in [0.29, 0.717) is 27.8 Å². The third-order valence-electron chi connectivity index (χ3n) is 3.49. The number of hydrogen-bond acceptors (Lipinski definition) is 4. The van der Waals surface area contributed by atoms with Crippen LogP contribution in [0.25, 0.3) is 0 Å². The third kappa shape index (κ3) is 5.37. The van der Waals surface area contributed by atoms with Crippen LogP contribution >= 0.6 is 27.5 Å². The van der Waals surface area contributed by atoms with Gasteiger partial charge in [-0.15, -0.1) is 0 Å². The first kappa shape index (κ1) is 20.1. The number of nitrogens with one attached hydrogen (secondary N) is 2. The zero-order chi connectivity index (χ0) is 19.1. The number of rotatable bonds is 7. The molecule has 0 radical (unpaired) electrons. The molecule has 2 amide bonds. The predicted octanol–water partition coefficient (Wildman–Crippen LogP) is 3.88. The van der Waals surface area contributed by atoms with Gasteiger partial charge in [-0.2, -0.15) is 0 Å². The van der Waals surface area contributed by atoms with Gasteiger partial charge in [0.1, 0.15) is 11.5 Å². The van der Waals surface area contributed by atoms with Crippen LogP contribution in [0.2, 0.25) is 5.02 Å². The lowest BCUT2D eigenvalue weighted by Crippen LogP contribution is -2.27. The Morgan fingerprint density at radius 3 is 2.35 bits per heavy atom. The quantitative estimate of drug-likeness (QED) is 0.684. The summed E-state index contributed by atoms with van der Waals surface area (Å²) >= 11 is 9.35. The van der Waals surface area contributed by atoms with Crippen LogP contribution < -0.4 is 20.1 Å². The maximum absolute atomic E-state index is 12.1. The van der Waals surface area contributed by atoms with Gasteiger partial charge in [0.05, 0.1) is 24.9 Å². The van der Waals surface area contributed by atoms with Crippen molar-refractivity contribution in [2.45, 2.75) is 6.42 Å². The summed E-state index contributed by atoms with van der Waals surface area (Å²) in [4.78, 5) is 24.1. The van der Waals surface area contributed by atoms with E-state index in [0.717, 1.165) is 4.47 Å². The number of hydrogen-bond donors (Lipinski definition) is 2. The summed E-state index contributed by atoms with van der Waals surface area (Å²) in [5.74, 6) is 0.328. The molecule has 0 saturated heterocycles. The molecule has 6 nitrogen and oxygen atoms in total. The van der Waals surface area contributed by atoms with E-state index in [4.69, 9.17) is 21.1 Å². The van der Waals surface area contributed by atoms with E-state index in [1.165, 1.54) is 14.2 Å². The van der Waals surface area contributed by atoms with Crippen LogP contribution in [0.4, 0.5) is 5.69 Å². The Bertz CT molecular complexity index is 797. The van der Waals surface area contributed by atoms with Crippen molar-refractivity contribution in [1.29, 1.82) is 0 Å². The predicted molar refractivity (Wildman–Crippen MR) is 104 cm³/mol. The van der Waals surface area contributed by atoms with Crippen molar-refractivity contribution in [3.63, 3.8) is 0 Å². The summed E-state index contributed by atoms with van der Waals surface area (Å²) in [6.45, 7) is 0.202. The zero-order valence-corrected chi connectivity index (χ0v) is 16.6. The fourth-order valence-electron chi connectivity index (χ4n) is 2.16. The van der Waals surface area contributed by atoms with Gasteiger partial charge in [0, 0.05) is 35.1 Å². The van der Waals surface area contributed by atoms with Crippen LogP contribution in [0.5, 0.6) is 11.5 Å². The monoisotopic (exact) mass is 440 g/mol. The second kappa shape index (κ2) is 9.45. The topological polar surface area (TPSA) is 76.7 Å². The Morgan fingerprint density at radius 2 is 1.73 bits per heavy atom. The molecule has 0 bridgehead atoms. The van der Waals surface area contributed by atoms with Crippen molar-refractivity contribution in [2.24, 2.45) is 0 Å². The highest BCUT2D eigenvalue weighted by atomic mass is 79.9. The smallest absolute Gasteiger partial charge is 0.251 e. The number of benzene rings is 2. The molecule has 0 heterocycles. The number of halogens is 2. The molecule has 2 aromatic carbocycles. The first-order valence-corrected chi connectivity index (χ1v) is 8.87. The first-order chi connectivity index (χ1) is 12.4. The maximum Gasteiger partial charge on any atom is 0.251 e. The minimum atomic E-state index is -0.274. The van der Waals surface area contributed by atoms with Crippen molar-refractivity contribution in [3.8, 4) is 11.5 Å². The SMILES string of the molecule is COc1cc(NC(=O)CCNC(=O)c2ccc(Br)cc2)c(OC)cc1Cl.